The molecule has 1 saturated heterocycles. The molecule has 2 aliphatic rings. The Labute approximate surface area is 457 Å². The molecule has 1 aliphatic carbocycles. The van der Waals surface area contributed by atoms with Crippen LogP contribution in [0.15, 0.2) is 36.4 Å². The average Bonchev–Trinajstić information content (AvgIpc) is 3.90. The highest BCUT2D eigenvalue weighted by Gasteiger charge is 2.42. The van der Waals surface area contributed by atoms with Gasteiger partial charge in [0.25, 0.3) is 0 Å². The van der Waals surface area contributed by atoms with Crippen molar-refractivity contribution in [3.63, 3.8) is 0 Å². The molecule has 79 heavy (non-hydrogen) atoms. The predicted molar refractivity (Wildman–Crippen MR) is 281 cm³/mol. The van der Waals surface area contributed by atoms with E-state index < -0.39 is 176 Å². The van der Waals surface area contributed by atoms with Crippen LogP contribution >= 0.6 is 12.6 Å². The quantitative estimate of drug-likeness (QED) is 0.0263. The van der Waals surface area contributed by atoms with Gasteiger partial charge in [-0.25, -0.2) is 0 Å². The Bertz CT molecular complexity index is 2740. The highest BCUT2D eigenvalue weighted by molar-refractivity contribution is 7.80. The maximum atomic E-state index is 14.2. The number of aliphatic hydroxyl groups is 1. The number of rotatable bonds is 27. The van der Waals surface area contributed by atoms with E-state index in [9.17, 15) is 82.4 Å². The van der Waals surface area contributed by atoms with E-state index in [2.05, 4.69) is 60.5 Å². The van der Waals surface area contributed by atoms with Crippen molar-refractivity contribution >= 4 is 107 Å². The maximum absolute atomic E-state index is 14.2. The number of carbonyl (C=O) groups is 14. The molecule has 29 heteroatoms. The first kappa shape index (κ1) is 63.1. The number of nitrogen functional groups attached to an aromatic ring is 1. The van der Waals surface area contributed by atoms with Crippen LogP contribution in [-0.4, -0.2) is 177 Å². The second kappa shape index (κ2) is 28.8. The Hall–Kier alpha value is -8.47. The first-order chi connectivity index (χ1) is 37.2. The van der Waals surface area contributed by atoms with Gasteiger partial charge in [-0.3, -0.25) is 67.1 Å². The molecule has 428 valence electrons. The molecule has 4 rings (SSSR count). The lowest BCUT2D eigenvalue weighted by molar-refractivity contribution is -0.143. The molecular formula is C50H65N11O17S. The van der Waals surface area contributed by atoms with Gasteiger partial charge in [0.2, 0.25) is 59.1 Å². The second-order valence-electron chi connectivity index (χ2n) is 19.2. The summed E-state index contributed by atoms with van der Waals surface area (Å²) in [6.45, 7) is 4.99. The van der Waals surface area contributed by atoms with Crippen molar-refractivity contribution in [2.75, 3.05) is 43.0 Å². The summed E-state index contributed by atoms with van der Waals surface area (Å²) in [5.41, 5.74) is 6.08. The van der Waals surface area contributed by atoms with Gasteiger partial charge in [0.05, 0.1) is 42.9 Å². The number of likely N-dealkylation sites (tertiary alicyclic amines) is 1. The van der Waals surface area contributed by atoms with Crippen molar-refractivity contribution in [2.45, 2.75) is 109 Å². The molecule has 2 aromatic carbocycles. The zero-order chi connectivity index (χ0) is 59.0. The number of carbonyl (C=O) groups excluding carboxylic acids is 12. The monoisotopic (exact) mass is 1120 g/mol. The number of carboxylic acids is 2. The largest absolute Gasteiger partial charge is 0.481 e. The summed E-state index contributed by atoms with van der Waals surface area (Å²) >= 11 is 4.16. The summed E-state index contributed by atoms with van der Waals surface area (Å²) < 4.78 is 0. The molecule has 0 bridgehead atoms. The van der Waals surface area contributed by atoms with Crippen LogP contribution in [-0.2, 0) is 57.5 Å². The minimum atomic E-state index is -1.66. The van der Waals surface area contributed by atoms with Crippen LogP contribution in [0.2, 0.25) is 0 Å². The van der Waals surface area contributed by atoms with E-state index in [1.54, 1.807) is 39.8 Å². The maximum Gasteiger partial charge on any atom is 0.305 e. The van der Waals surface area contributed by atoms with Gasteiger partial charge in [-0.2, -0.15) is 12.6 Å². The van der Waals surface area contributed by atoms with Crippen LogP contribution in [0.25, 0.3) is 0 Å². The summed E-state index contributed by atoms with van der Waals surface area (Å²) in [6, 6.07) is -1.48. The molecule has 1 fully saturated rings. The van der Waals surface area contributed by atoms with Gasteiger partial charge in [0.15, 0.2) is 11.6 Å². The molecule has 0 aromatic heterocycles. The summed E-state index contributed by atoms with van der Waals surface area (Å²) in [5.74, 6) is -14.6. The number of amides is 10. The number of aliphatic hydroxyl groups excluding tert-OH is 1. The smallest absolute Gasteiger partial charge is 0.305 e. The number of fused-ring (bicyclic) bond motifs is 2. The highest BCUT2D eigenvalue weighted by atomic mass is 32.1. The fraction of sp³-hybridized carbons (Fsp3) is 0.480. The van der Waals surface area contributed by atoms with E-state index in [-0.39, 0.29) is 52.3 Å². The first-order valence-electron chi connectivity index (χ1n) is 24.9. The fourth-order valence-electron chi connectivity index (χ4n) is 8.47. The van der Waals surface area contributed by atoms with Crippen LogP contribution in [0, 0.1) is 11.8 Å². The number of aliphatic carboxylic acids is 2. The molecular weight excluding hydrogens is 1060 g/mol. The molecule has 0 unspecified atom stereocenters. The van der Waals surface area contributed by atoms with Crippen LogP contribution in [0.4, 0.5) is 11.4 Å². The SMILES string of the molecule is CC(=O)N[C@@H](CC(=O)O)C(=O)N[C@@H](CCC(=O)O)C(=O)N[C@H](C(=O)N[C@H](C(=O)N1CCC[C@H]1C(=O)N[C@@H](CS)C(=O)N[C@@H](CO)C(=O)NCC(=O)NCC(=O)Nc1ccc(N)c2c1C(=O)c1ccccc1C2=O)C(C)C)C(C)C. The van der Waals surface area contributed by atoms with Gasteiger partial charge < -0.3 is 73.8 Å². The molecule has 1 aliphatic heterocycles. The lowest BCUT2D eigenvalue weighted by atomic mass is 9.82. The van der Waals surface area contributed by atoms with Crippen molar-refractivity contribution in [1.29, 1.82) is 0 Å². The minimum Gasteiger partial charge on any atom is -0.481 e. The van der Waals surface area contributed by atoms with Crippen LogP contribution in [0.3, 0.4) is 0 Å². The molecule has 1 heterocycles. The molecule has 28 nitrogen and oxygen atoms in total. The normalized spacial score (nSPS) is 15.8. The van der Waals surface area contributed by atoms with Crippen molar-refractivity contribution in [1.82, 2.24) is 47.4 Å². The number of thiol groups is 1. The predicted octanol–water partition coefficient (Wildman–Crippen LogP) is -3.29. The lowest BCUT2D eigenvalue weighted by Gasteiger charge is -2.33. The Kier molecular flexibility index (Phi) is 23.0. The Morgan fingerprint density at radius 1 is 0.658 bits per heavy atom. The van der Waals surface area contributed by atoms with Gasteiger partial charge in [-0.15, -0.1) is 0 Å². The third-order valence-electron chi connectivity index (χ3n) is 12.6. The Morgan fingerprint density at radius 3 is 1.80 bits per heavy atom. The third-order valence-corrected chi connectivity index (χ3v) is 12.9. The number of hydrogen-bond donors (Lipinski definition) is 14. The van der Waals surface area contributed by atoms with Gasteiger partial charge in [-0.05, 0) is 43.2 Å². The fourth-order valence-corrected chi connectivity index (χ4v) is 8.73. The first-order valence-corrected chi connectivity index (χ1v) is 25.5. The van der Waals surface area contributed by atoms with Crippen molar-refractivity contribution in [3.05, 3.63) is 58.7 Å². The number of nitrogens with two attached hydrogens (primary N) is 1. The topological polar surface area (TPSA) is 437 Å². The third kappa shape index (κ3) is 17.0. The second-order valence-corrected chi connectivity index (χ2v) is 19.5. The average molecular weight is 1120 g/mol. The number of nitrogens with one attached hydrogen (secondary N) is 9. The molecule has 0 radical (unpaired) electrons. The van der Waals surface area contributed by atoms with E-state index >= 15 is 0 Å². The van der Waals surface area contributed by atoms with Crippen molar-refractivity contribution in [2.24, 2.45) is 11.8 Å². The number of ketones is 2. The summed E-state index contributed by atoms with van der Waals surface area (Å²) in [6.07, 6.45) is -1.59. The number of nitrogens with zero attached hydrogens (tertiary/aromatic N) is 1. The van der Waals surface area contributed by atoms with Gasteiger partial charge >= 0.3 is 11.9 Å². The standard InChI is InChI=1S/C50H65N11O17S/c1-22(2)40(59-45(73)29(14-15-36(66)67)56-46(74)30(17-37(68)69)54-24(5)63)49(77)60-41(23(3)4)50(78)61-16-8-11-33(61)48(76)58-32(21-79)47(75)57-31(20-62)44(72)53-18-34(64)52-19-35(65)55-28-13-12-27(51)38-39(28)43(71)26-10-7-6-9-25(26)42(38)70/h6-7,9-10,12-13,22-23,29-33,40-41,62,79H,8,11,14-21,51H2,1-5H3,(H,52,64)(H,53,72)(H,54,63)(H,55,65)(H,56,74)(H,57,75)(H,58,76)(H,59,73)(H,60,77)(H,66,67)(H,68,69)/t29-,30-,31-,32-,33-,40-,41-/m0/s1. The minimum absolute atomic E-state index is 0.0173. The van der Waals surface area contributed by atoms with Crippen LogP contribution in [0.1, 0.15) is 98.6 Å². The Morgan fingerprint density at radius 2 is 1.23 bits per heavy atom. The van der Waals surface area contributed by atoms with Crippen molar-refractivity contribution < 1.29 is 82.4 Å². The summed E-state index contributed by atoms with van der Waals surface area (Å²) in [5, 5.41) is 49.8. The van der Waals surface area contributed by atoms with Gasteiger partial charge in [0, 0.05) is 42.5 Å². The molecule has 2 aromatic rings. The van der Waals surface area contributed by atoms with Crippen LogP contribution < -0.4 is 53.6 Å². The molecule has 14 N–H and O–H groups in total. The summed E-state index contributed by atoms with van der Waals surface area (Å²) in [4.78, 5) is 183. The highest BCUT2D eigenvalue weighted by Crippen LogP contribution is 2.35. The van der Waals surface area contributed by atoms with Crippen molar-refractivity contribution in [3.8, 4) is 0 Å². The van der Waals surface area contributed by atoms with Gasteiger partial charge in [-0.1, -0.05) is 52.0 Å². The zero-order valence-electron chi connectivity index (χ0n) is 43.8. The van der Waals surface area contributed by atoms with Crippen LogP contribution in [0.5, 0.6) is 0 Å². The molecule has 0 saturated carbocycles. The number of hydrogen-bond acceptors (Lipinski definition) is 17. The molecule has 0 spiro atoms. The van der Waals surface area contributed by atoms with E-state index in [1.165, 1.54) is 29.2 Å². The van der Waals surface area contributed by atoms with E-state index in [0.29, 0.717) is 6.42 Å². The Balaban J connectivity index is 1.33. The number of anilines is 2. The number of carboxylic acid groups (broad SMARTS) is 2. The number of benzene rings is 2. The lowest BCUT2D eigenvalue weighted by Crippen LogP contribution is -2.61. The van der Waals surface area contributed by atoms with Gasteiger partial charge in [0.1, 0.15) is 42.3 Å². The summed E-state index contributed by atoms with van der Waals surface area (Å²) in [7, 11) is 0. The van der Waals surface area contributed by atoms with E-state index in [0.717, 1.165) is 6.92 Å². The van der Waals surface area contributed by atoms with E-state index in [1.807, 2.05) is 0 Å². The molecule has 10 amide bonds. The molecule has 7 atom stereocenters. The van der Waals surface area contributed by atoms with E-state index in [4.69, 9.17) is 5.73 Å². The zero-order valence-corrected chi connectivity index (χ0v) is 44.7.